The third kappa shape index (κ3) is 4.38. The fraction of sp³-hybridized carbons (Fsp3) is 0.214. The topological polar surface area (TPSA) is 71.8 Å². The number of benzene rings is 2. The van der Waals surface area contributed by atoms with Crippen molar-refractivity contribution in [3.8, 4) is 22.6 Å². The van der Waals surface area contributed by atoms with Gasteiger partial charge in [0, 0.05) is 42.8 Å². The first-order valence-electron chi connectivity index (χ1n) is 12.0. The van der Waals surface area contributed by atoms with Gasteiger partial charge in [0.1, 0.15) is 5.69 Å². The minimum absolute atomic E-state index is 0.631. The van der Waals surface area contributed by atoms with Crippen LogP contribution in [0.5, 0.6) is 0 Å². The Morgan fingerprint density at radius 1 is 0.914 bits per heavy atom. The van der Waals surface area contributed by atoms with Gasteiger partial charge in [0.25, 0.3) is 0 Å². The van der Waals surface area contributed by atoms with Crippen LogP contribution in [0.1, 0.15) is 11.3 Å². The molecule has 2 aromatic carbocycles. The number of rotatable bonds is 5. The molecule has 4 heterocycles. The molecule has 0 radical (unpaired) electrons. The maximum atomic E-state index is 4.75. The zero-order valence-corrected chi connectivity index (χ0v) is 19.7. The van der Waals surface area contributed by atoms with Gasteiger partial charge in [0.15, 0.2) is 0 Å². The van der Waals surface area contributed by atoms with Crippen molar-refractivity contribution in [3.63, 3.8) is 0 Å². The predicted molar refractivity (Wildman–Crippen MR) is 139 cm³/mol. The second kappa shape index (κ2) is 9.27. The molecule has 6 rings (SSSR count). The van der Waals surface area contributed by atoms with Gasteiger partial charge >= 0.3 is 0 Å². The summed E-state index contributed by atoms with van der Waals surface area (Å²) in [4.78, 5) is 11.9. The smallest absolute Gasteiger partial charge is 0.139 e. The second-order valence-electron chi connectivity index (χ2n) is 8.93. The first-order valence-corrected chi connectivity index (χ1v) is 12.0. The van der Waals surface area contributed by atoms with Gasteiger partial charge in [-0.15, -0.1) is 5.10 Å². The third-order valence-corrected chi connectivity index (χ3v) is 6.46. The molecule has 1 aliphatic heterocycles. The molecular weight excluding hydrogens is 434 g/mol. The summed E-state index contributed by atoms with van der Waals surface area (Å²) >= 11 is 0. The van der Waals surface area contributed by atoms with E-state index in [4.69, 9.17) is 9.97 Å². The first-order chi connectivity index (χ1) is 17.2. The molecule has 1 saturated heterocycles. The molecule has 0 saturated carbocycles. The maximum absolute atomic E-state index is 4.75. The lowest BCUT2D eigenvalue weighted by molar-refractivity contribution is 0.589. The normalized spacial score (nSPS) is 13.9. The third-order valence-electron chi connectivity index (χ3n) is 6.46. The molecule has 0 atom stereocenters. The highest BCUT2D eigenvalue weighted by Crippen LogP contribution is 2.32. The van der Waals surface area contributed by atoms with E-state index in [9.17, 15) is 0 Å². The van der Waals surface area contributed by atoms with Crippen molar-refractivity contribution in [2.75, 3.05) is 31.1 Å². The molecule has 0 aliphatic carbocycles. The minimum atomic E-state index is 0.631. The number of hydrogen-bond donors (Lipinski definition) is 1. The fourth-order valence-corrected chi connectivity index (χ4v) is 4.68. The van der Waals surface area contributed by atoms with E-state index in [0.29, 0.717) is 6.54 Å². The Balaban J connectivity index is 1.47. The van der Waals surface area contributed by atoms with Crippen LogP contribution in [0.2, 0.25) is 0 Å². The molecule has 0 amide bonds. The van der Waals surface area contributed by atoms with Crippen LogP contribution in [0.4, 0.5) is 5.69 Å². The van der Waals surface area contributed by atoms with E-state index in [-0.39, 0.29) is 0 Å². The number of anilines is 1. The van der Waals surface area contributed by atoms with Crippen molar-refractivity contribution in [1.82, 2.24) is 30.3 Å². The molecule has 174 valence electrons. The standard InChI is InChI=1S/C28H27N7/c1-20-6-5-9-26(31-20)27-28(35(33-32-27)19-21-7-3-2-4-8-21)22-10-11-25-23(16-22)17-24(18-30-25)34-14-12-29-13-15-34/h2-11,16-18,29H,12-15,19H2,1H3. The molecule has 1 aliphatic rings. The molecule has 7 heteroatoms. The molecule has 5 aromatic rings. The number of fused-ring (bicyclic) bond motifs is 1. The van der Waals surface area contributed by atoms with Gasteiger partial charge < -0.3 is 10.2 Å². The number of nitrogens with zero attached hydrogens (tertiary/aromatic N) is 6. The van der Waals surface area contributed by atoms with Gasteiger partial charge in [0.05, 0.1) is 35.3 Å². The Morgan fingerprint density at radius 3 is 2.60 bits per heavy atom. The van der Waals surface area contributed by atoms with Crippen molar-refractivity contribution < 1.29 is 0 Å². The second-order valence-corrected chi connectivity index (χ2v) is 8.93. The molecule has 0 bridgehead atoms. The van der Waals surface area contributed by atoms with Gasteiger partial charge in [-0.2, -0.15) is 0 Å². The molecule has 1 fully saturated rings. The number of piperazine rings is 1. The van der Waals surface area contributed by atoms with Crippen LogP contribution in [0.25, 0.3) is 33.5 Å². The summed E-state index contributed by atoms with van der Waals surface area (Å²) in [6.45, 7) is 6.60. The van der Waals surface area contributed by atoms with Crippen molar-refractivity contribution >= 4 is 16.6 Å². The van der Waals surface area contributed by atoms with Crippen molar-refractivity contribution in [2.24, 2.45) is 0 Å². The lowest BCUT2D eigenvalue weighted by atomic mass is 10.0. The Bertz CT molecular complexity index is 1470. The fourth-order valence-electron chi connectivity index (χ4n) is 4.68. The number of nitrogens with one attached hydrogen (secondary N) is 1. The van der Waals surface area contributed by atoms with E-state index in [1.54, 1.807) is 0 Å². The van der Waals surface area contributed by atoms with Crippen LogP contribution in [0.3, 0.4) is 0 Å². The van der Waals surface area contributed by atoms with Gasteiger partial charge in [0.2, 0.25) is 0 Å². The quantitative estimate of drug-likeness (QED) is 0.420. The lowest BCUT2D eigenvalue weighted by Crippen LogP contribution is -2.43. The number of pyridine rings is 2. The van der Waals surface area contributed by atoms with Crippen LogP contribution in [-0.2, 0) is 6.54 Å². The van der Waals surface area contributed by atoms with Crippen LogP contribution in [-0.4, -0.2) is 51.1 Å². The van der Waals surface area contributed by atoms with E-state index in [1.165, 1.54) is 5.56 Å². The summed E-state index contributed by atoms with van der Waals surface area (Å²) in [7, 11) is 0. The molecule has 0 spiro atoms. The average molecular weight is 462 g/mol. The molecule has 7 nitrogen and oxygen atoms in total. The summed E-state index contributed by atoms with van der Waals surface area (Å²) in [6.07, 6.45) is 1.98. The van der Waals surface area contributed by atoms with Gasteiger partial charge in [-0.25, -0.2) is 4.68 Å². The Kier molecular flexibility index (Phi) is 5.68. The van der Waals surface area contributed by atoms with E-state index in [1.807, 2.05) is 54.2 Å². The molecule has 35 heavy (non-hydrogen) atoms. The Hall–Kier alpha value is -4.10. The van der Waals surface area contributed by atoms with Crippen molar-refractivity contribution in [3.05, 3.63) is 90.3 Å². The van der Waals surface area contributed by atoms with E-state index in [2.05, 4.69) is 56.9 Å². The van der Waals surface area contributed by atoms with Crippen LogP contribution < -0.4 is 10.2 Å². The highest BCUT2D eigenvalue weighted by Gasteiger charge is 2.19. The summed E-state index contributed by atoms with van der Waals surface area (Å²) in [5.74, 6) is 0. The summed E-state index contributed by atoms with van der Waals surface area (Å²) in [5.41, 5.74) is 7.89. The van der Waals surface area contributed by atoms with Gasteiger partial charge in [-0.05, 0) is 42.8 Å². The van der Waals surface area contributed by atoms with Gasteiger partial charge in [-0.1, -0.05) is 47.7 Å². The van der Waals surface area contributed by atoms with Crippen LogP contribution in [0.15, 0.2) is 79.0 Å². The molecule has 0 unspecified atom stereocenters. The van der Waals surface area contributed by atoms with E-state index in [0.717, 1.165) is 71.1 Å². The largest absolute Gasteiger partial charge is 0.368 e. The number of aromatic nitrogens is 5. The highest BCUT2D eigenvalue weighted by atomic mass is 15.4. The first kappa shape index (κ1) is 21.4. The minimum Gasteiger partial charge on any atom is -0.368 e. The Labute approximate surface area is 204 Å². The summed E-state index contributed by atoms with van der Waals surface area (Å²) < 4.78 is 1.98. The monoisotopic (exact) mass is 461 g/mol. The highest BCUT2D eigenvalue weighted by molar-refractivity contribution is 5.88. The Morgan fingerprint density at radius 2 is 1.77 bits per heavy atom. The number of aryl methyl sites for hydroxylation is 1. The van der Waals surface area contributed by atoms with Crippen molar-refractivity contribution in [1.29, 1.82) is 0 Å². The van der Waals surface area contributed by atoms with E-state index < -0.39 is 0 Å². The van der Waals surface area contributed by atoms with E-state index >= 15 is 0 Å². The van der Waals surface area contributed by atoms with Crippen molar-refractivity contribution in [2.45, 2.75) is 13.5 Å². The zero-order valence-electron chi connectivity index (χ0n) is 19.7. The lowest BCUT2D eigenvalue weighted by Gasteiger charge is -2.29. The predicted octanol–water partition coefficient (Wildman–Crippen LogP) is 4.32. The summed E-state index contributed by atoms with van der Waals surface area (Å²) in [5, 5.41) is 13.7. The molecule has 1 N–H and O–H groups in total. The summed E-state index contributed by atoms with van der Waals surface area (Å²) in [6, 6.07) is 25.0. The number of hydrogen-bond acceptors (Lipinski definition) is 6. The average Bonchev–Trinajstić information content (AvgIpc) is 3.32. The van der Waals surface area contributed by atoms with Crippen LogP contribution in [0, 0.1) is 6.92 Å². The molecule has 3 aromatic heterocycles. The van der Waals surface area contributed by atoms with Crippen LogP contribution >= 0.6 is 0 Å². The van der Waals surface area contributed by atoms with Gasteiger partial charge in [-0.3, -0.25) is 9.97 Å². The maximum Gasteiger partial charge on any atom is 0.139 e. The zero-order chi connectivity index (χ0) is 23.6. The SMILES string of the molecule is Cc1cccc(-c2nnn(Cc3ccccc3)c2-c2ccc3ncc(N4CCNCC4)cc3c2)n1. The molecular formula is C28H27N7.